The van der Waals surface area contributed by atoms with Crippen molar-refractivity contribution in [3.8, 4) is 0 Å². The van der Waals surface area contributed by atoms with Crippen LogP contribution in [0.4, 0.5) is 0 Å². The second kappa shape index (κ2) is 5.21. The van der Waals surface area contributed by atoms with E-state index >= 15 is 0 Å². The molecule has 1 saturated heterocycles. The summed E-state index contributed by atoms with van der Waals surface area (Å²) in [6, 6.07) is 1.43. The van der Waals surface area contributed by atoms with Gasteiger partial charge in [0, 0.05) is 38.4 Å². The Labute approximate surface area is 110 Å². The van der Waals surface area contributed by atoms with Crippen molar-refractivity contribution >= 4 is 27.5 Å². The Hall–Kier alpha value is -1.18. The van der Waals surface area contributed by atoms with E-state index in [2.05, 4.69) is 10.3 Å². The number of hydrogen-bond acceptors (Lipinski definition) is 4. The smallest absolute Gasteiger partial charge is 0.246 e. The molecule has 1 amide bonds. The fraction of sp³-hybridized carbons (Fsp3) is 0.400. The molecule has 0 aliphatic carbocycles. The molecular weight excluding hydrogens is 278 g/mol. The zero-order valence-corrected chi connectivity index (χ0v) is 11.0. The number of sulfonamides is 1. The number of carbonyl (C=O) groups is 1. The van der Waals surface area contributed by atoms with Crippen LogP contribution < -0.4 is 5.32 Å². The minimum atomic E-state index is -3.69. The molecule has 1 aliphatic rings. The first-order valence-electron chi connectivity index (χ1n) is 5.38. The van der Waals surface area contributed by atoms with Gasteiger partial charge in [-0.3, -0.25) is 9.78 Å². The van der Waals surface area contributed by atoms with E-state index in [-0.39, 0.29) is 35.3 Å². The molecule has 8 heteroatoms. The summed E-state index contributed by atoms with van der Waals surface area (Å²) < 4.78 is 25.9. The predicted molar refractivity (Wildman–Crippen MR) is 65.6 cm³/mol. The third-order valence-corrected chi connectivity index (χ3v) is 4.99. The second-order valence-corrected chi connectivity index (χ2v) is 6.12. The molecule has 98 valence electrons. The normalized spacial score (nSPS) is 18.2. The SMILES string of the molecule is O=C1CCN(S(=O)(=O)c2cnccc2Cl)CCN1. The first-order valence-corrected chi connectivity index (χ1v) is 7.20. The Morgan fingerprint density at radius 1 is 1.39 bits per heavy atom. The summed E-state index contributed by atoms with van der Waals surface area (Å²) >= 11 is 5.87. The van der Waals surface area contributed by atoms with Gasteiger partial charge in [-0.05, 0) is 6.07 Å². The maximum atomic E-state index is 12.3. The van der Waals surface area contributed by atoms with Gasteiger partial charge in [0.1, 0.15) is 4.90 Å². The molecule has 6 nitrogen and oxygen atoms in total. The molecule has 1 fully saturated rings. The number of halogens is 1. The molecule has 1 aromatic heterocycles. The highest BCUT2D eigenvalue weighted by atomic mass is 35.5. The zero-order valence-electron chi connectivity index (χ0n) is 9.47. The second-order valence-electron chi connectivity index (χ2n) is 3.81. The molecule has 1 N–H and O–H groups in total. The van der Waals surface area contributed by atoms with Gasteiger partial charge in [-0.2, -0.15) is 4.31 Å². The number of rotatable bonds is 2. The van der Waals surface area contributed by atoms with Crippen LogP contribution in [0.3, 0.4) is 0 Å². The monoisotopic (exact) mass is 289 g/mol. The number of aromatic nitrogens is 1. The van der Waals surface area contributed by atoms with E-state index in [4.69, 9.17) is 11.6 Å². The molecule has 1 aromatic rings. The maximum Gasteiger partial charge on any atom is 0.246 e. The molecule has 0 aromatic carbocycles. The van der Waals surface area contributed by atoms with Gasteiger partial charge < -0.3 is 5.32 Å². The minimum absolute atomic E-state index is 0.0268. The Bertz CT molecular complexity index is 561. The molecule has 0 radical (unpaired) electrons. The molecule has 0 bridgehead atoms. The first kappa shape index (κ1) is 13.3. The van der Waals surface area contributed by atoms with Crippen LogP contribution >= 0.6 is 11.6 Å². The lowest BCUT2D eigenvalue weighted by Crippen LogP contribution is -2.34. The quantitative estimate of drug-likeness (QED) is 0.846. The van der Waals surface area contributed by atoms with Crippen LogP contribution in [0, 0.1) is 0 Å². The first-order chi connectivity index (χ1) is 8.51. The van der Waals surface area contributed by atoms with Gasteiger partial charge in [0.25, 0.3) is 0 Å². The van der Waals surface area contributed by atoms with Crippen molar-refractivity contribution in [1.29, 1.82) is 0 Å². The van der Waals surface area contributed by atoms with Crippen LogP contribution in [-0.2, 0) is 14.8 Å². The highest BCUT2D eigenvalue weighted by Gasteiger charge is 2.28. The summed E-state index contributed by atoms with van der Waals surface area (Å²) in [7, 11) is -3.69. The van der Waals surface area contributed by atoms with Crippen molar-refractivity contribution in [3.05, 3.63) is 23.5 Å². The van der Waals surface area contributed by atoms with E-state index in [0.717, 1.165) is 0 Å². The molecule has 18 heavy (non-hydrogen) atoms. The predicted octanol–water partition coefficient (Wildman–Crippen LogP) is 0.246. The van der Waals surface area contributed by atoms with Crippen LogP contribution in [0.5, 0.6) is 0 Å². The average Bonchev–Trinajstić information content (AvgIpc) is 2.54. The molecule has 2 rings (SSSR count). The van der Waals surface area contributed by atoms with Gasteiger partial charge >= 0.3 is 0 Å². The molecule has 0 unspecified atom stereocenters. The van der Waals surface area contributed by atoms with Crippen molar-refractivity contribution in [1.82, 2.24) is 14.6 Å². The zero-order chi connectivity index (χ0) is 13.2. The van der Waals surface area contributed by atoms with E-state index in [0.29, 0.717) is 6.54 Å². The molecule has 2 heterocycles. The lowest BCUT2D eigenvalue weighted by Gasteiger charge is -2.19. The fourth-order valence-electron chi connectivity index (χ4n) is 1.68. The van der Waals surface area contributed by atoms with E-state index in [1.807, 2.05) is 0 Å². The number of amides is 1. The number of nitrogens with one attached hydrogen (secondary N) is 1. The van der Waals surface area contributed by atoms with E-state index < -0.39 is 10.0 Å². The number of pyridine rings is 1. The average molecular weight is 290 g/mol. The highest BCUT2D eigenvalue weighted by molar-refractivity contribution is 7.89. The van der Waals surface area contributed by atoms with Crippen molar-refractivity contribution in [2.75, 3.05) is 19.6 Å². The van der Waals surface area contributed by atoms with E-state index in [9.17, 15) is 13.2 Å². The maximum absolute atomic E-state index is 12.3. The molecule has 0 atom stereocenters. The Morgan fingerprint density at radius 3 is 2.89 bits per heavy atom. The van der Waals surface area contributed by atoms with Gasteiger partial charge in [0.2, 0.25) is 15.9 Å². The topological polar surface area (TPSA) is 79.4 Å². The number of carbonyl (C=O) groups excluding carboxylic acids is 1. The van der Waals surface area contributed by atoms with Gasteiger partial charge in [-0.25, -0.2) is 8.42 Å². The largest absolute Gasteiger partial charge is 0.355 e. The number of nitrogens with zero attached hydrogens (tertiary/aromatic N) is 2. The van der Waals surface area contributed by atoms with Gasteiger partial charge in [-0.1, -0.05) is 11.6 Å². The van der Waals surface area contributed by atoms with Crippen LogP contribution in [0.25, 0.3) is 0 Å². The van der Waals surface area contributed by atoms with Gasteiger partial charge in [0.05, 0.1) is 5.02 Å². The van der Waals surface area contributed by atoms with E-state index in [1.54, 1.807) is 0 Å². The third-order valence-electron chi connectivity index (χ3n) is 2.62. The number of hydrogen-bond donors (Lipinski definition) is 1. The fourth-order valence-corrected chi connectivity index (χ4v) is 3.53. The molecule has 0 spiro atoms. The van der Waals surface area contributed by atoms with Crippen LogP contribution in [-0.4, -0.2) is 43.2 Å². The Balaban J connectivity index is 2.31. The Morgan fingerprint density at radius 2 is 2.17 bits per heavy atom. The molecule has 1 aliphatic heterocycles. The Kier molecular flexibility index (Phi) is 3.84. The highest BCUT2D eigenvalue weighted by Crippen LogP contribution is 2.23. The minimum Gasteiger partial charge on any atom is -0.355 e. The van der Waals surface area contributed by atoms with Crippen molar-refractivity contribution in [3.63, 3.8) is 0 Å². The molecular formula is C10H12ClN3O3S. The van der Waals surface area contributed by atoms with Gasteiger partial charge in [-0.15, -0.1) is 0 Å². The summed E-state index contributed by atoms with van der Waals surface area (Å²) in [5, 5.41) is 2.75. The van der Waals surface area contributed by atoms with E-state index in [1.165, 1.54) is 22.8 Å². The third kappa shape index (κ3) is 2.63. The van der Waals surface area contributed by atoms with Crippen LogP contribution in [0.15, 0.2) is 23.4 Å². The summed E-state index contributed by atoms with van der Waals surface area (Å²) in [6.45, 7) is 0.689. The van der Waals surface area contributed by atoms with Crippen molar-refractivity contribution in [2.45, 2.75) is 11.3 Å². The lowest BCUT2D eigenvalue weighted by molar-refractivity contribution is -0.120. The van der Waals surface area contributed by atoms with Gasteiger partial charge in [0.15, 0.2) is 0 Å². The lowest BCUT2D eigenvalue weighted by atomic mass is 10.4. The summed E-state index contributed by atoms with van der Waals surface area (Å²) in [5.74, 6) is -0.148. The molecule has 0 saturated carbocycles. The van der Waals surface area contributed by atoms with Crippen molar-refractivity contribution < 1.29 is 13.2 Å². The van der Waals surface area contributed by atoms with Crippen LogP contribution in [0.1, 0.15) is 6.42 Å². The van der Waals surface area contributed by atoms with Crippen LogP contribution in [0.2, 0.25) is 5.02 Å². The van der Waals surface area contributed by atoms with Crippen molar-refractivity contribution in [2.24, 2.45) is 0 Å². The summed E-state index contributed by atoms with van der Waals surface area (Å²) in [4.78, 5) is 14.9. The summed E-state index contributed by atoms with van der Waals surface area (Å²) in [5.41, 5.74) is 0. The standard InChI is InChI=1S/C10H12ClN3O3S/c11-8-1-3-12-7-9(8)18(16,17)14-5-2-10(15)13-4-6-14/h1,3,7H,2,4-6H2,(H,13,15). The summed E-state index contributed by atoms with van der Waals surface area (Å²) in [6.07, 6.45) is 2.80.